The number of nitrogens with zero attached hydrogens (tertiary/aromatic N) is 1. The number of nitrogens with one attached hydrogen (secondary N) is 1. The van der Waals surface area contributed by atoms with Crippen LogP contribution in [0.3, 0.4) is 0 Å². The van der Waals surface area contributed by atoms with Gasteiger partial charge in [0.1, 0.15) is 9.92 Å². The van der Waals surface area contributed by atoms with Gasteiger partial charge < -0.3 is 5.73 Å². The van der Waals surface area contributed by atoms with Crippen LogP contribution in [0.1, 0.15) is 32.3 Å². The van der Waals surface area contributed by atoms with Crippen molar-refractivity contribution in [2.75, 3.05) is 6.54 Å². The minimum Gasteiger partial charge on any atom is -0.329 e. The van der Waals surface area contributed by atoms with Crippen molar-refractivity contribution >= 4 is 39.7 Å². The number of halogens is 2. The van der Waals surface area contributed by atoms with E-state index in [1.54, 1.807) is 6.92 Å². The van der Waals surface area contributed by atoms with Crippen molar-refractivity contribution in [3.63, 3.8) is 0 Å². The lowest BCUT2D eigenvalue weighted by atomic mass is 9.95. The number of aryl methyl sites for hydroxylation is 1. The number of nitro benzene ring substituents is 1. The van der Waals surface area contributed by atoms with E-state index in [0.29, 0.717) is 18.4 Å². The summed E-state index contributed by atoms with van der Waals surface area (Å²) in [6.07, 6.45) is 0.982. The zero-order valence-corrected chi connectivity index (χ0v) is 15.5. The molecule has 0 aliphatic heterocycles. The van der Waals surface area contributed by atoms with Crippen LogP contribution in [0.2, 0.25) is 5.02 Å². The predicted octanol–water partition coefficient (Wildman–Crippen LogP) is 2.77. The molecular formula is C13H21Cl2N3O4S. The Bertz CT molecular complexity index is 668. The Morgan fingerprint density at radius 2 is 1.87 bits per heavy atom. The second-order valence-electron chi connectivity index (χ2n) is 5.15. The van der Waals surface area contributed by atoms with Crippen LogP contribution in [0.15, 0.2) is 17.0 Å². The first-order valence-corrected chi connectivity index (χ1v) is 8.67. The summed E-state index contributed by atoms with van der Waals surface area (Å²) in [6, 6.07) is 2.54. The molecule has 0 aliphatic rings. The van der Waals surface area contributed by atoms with Gasteiger partial charge in [-0.05, 0) is 31.4 Å². The van der Waals surface area contributed by atoms with Gasteiger partial charge in [0.2, 0.25) is 10.0 Å². The summed E-state index contributed by atoms with van der Waals surface area (Å²) in [5.41, 5.74) is 4.88. The number of hydrogen-bond donors (Lipinski definition) is 2. The van der Waals surface area contributed by atoms with Crippen molar-refractivity contribution in [2.24, 2.45) is 5.73 Å². The van der Waals surface area contributed by atoms with E-state index in [2.05, 4.69) is 4.72 Å². The molecular weight excluding hydrogens is 365 g/mol. The standard InChI is InChI=1S/C13H20ClN3O4S.ClH/c1-4-13(5-2,8-15)16-22(20,21)11-7-9(3)6-10(12(11)14)17(18)19;/h6-7,16H,4-5,8,15H2,1-3H3;1H. The average molecular weight is 386 g/mol. The van der Waals surface area contributed by atoms with Gasteiger partial charge in [-0.15, -0.1) is 12.4 Å². The number of sulfonamides is 1. The highest BCUT2D eigenvalue weighted by atomic mass is 35.5. The molecule has 0 unspecified atom stereocenters. The van der Waals surface area contributed by atoms with Gasteiger partial charge in [-0.3, -0.25) is 10.1 Å². The van der Waals surface area contributed by atoms with Gasteiger partial charge in [0.05, 0.1) is 4.92 Å². The lowest BCUT2D eigenvalue weighted by molar-refractivity contribution is -0.385. The maximum Gasteiger partial charge on any atom is 0.289 e. The molecule has 0 saturated carbocycles. The molecule has 1 aromatic carbocycles. The van der Waals surface area contributed by atoms with Crippen LogP contribution < -0.4 is 10.5 Å². The van der Waals surface area contributed by atoms with Gasteiger partial charge in [-0.25, -0.2) is 13.1 Å². The monoisotopic (exact) mass is 385 g/mol. The fraction of sp³-hybridized carbons (Fsp3) is 0.538. The first-order chi connectivity index (χ1) is 10.1. The summed E-state index contributed by atoms with van der Waals surface area (Å²) in [6.45, 7) is 5.32. The van der Waals surface area contributed by atoms with Crippen molar-refractivity contribution in [3.8, 4) is 0 Å². The maximum absolute atomic E-state index is 12.6. The van der Waals surface area contributed by atoms with Gasteiger partial charge in [-0.2, -0.15) is 0 Å². The minimum atomic E-state index is -4.03. The topological polar surface area (TPSA) is 115 Å². The summed E-state index contributed by atoms with van der Waals surface area (Å²) >= 11 is 5.93. The van der Waals surface area contributed by atoms with Crippen LogP contribution in [0, 0.1) is 17.0 Å². The molecule has 1 aromatic rings. The highest BCUT2D eigenvalue weighted by Gasteiger charge is 2.33. The van der Waals surface area contributed by atoms with Crippen LogP contribution in [0.5, 0.6) is 0 Å². The summed E-state index contributed by atoms with van der Waals surface area (Å²) < 4.78 is 27.7. The van der Waals surface area contributed by atoms with E-state index in [1.807, 2.05) is 13.8 Å². The highest BCUT2D eigenvalue weighted by molar-refractivity contribution is 7.89. The maximum atomic E-state index is 12.6. The third-order valence-electron chi connectivity index (χ3n) is 3.75. The van der Waals surface area contributed by atoms with E-state index < -0.39 is 31.2 Å². The zero-order chi connectivity index (χ0) is 17.1. The number of nitro groups is 1. The molecule has 0 atom stereocenters. The summed E-state index contributed by atoms with van der Waals surface area (Å²) in [5, 5.41) is 10.6. The number of hydrogen-bond acceptors (Lipinski definition) is 5. The van der Waals surface area contributed by atoms with Gasteiger partial charge in [-0.1, -0.05) is 25.4 Å². The van der Waals surface area contributed by atoms with Crippen molar-refractivity contribution < 1.29 is 13.3 Å². The van der Waals surface area contributed by atoms with Crippen LogP contribution in [0.25, 0.3) is 0 Å². The quantitative estimate of drug-likeness (QED) is 0.552. The second-order valence-corrected chi connectivity index (χ2v) is 7.18. The first-order valence-electron chi connectivity index (χ1n) is 6.81. The average Bonchev–Trinajstić information content (AvgIpc) is 2.46. The number of benzene rings is 1. The molecule has 3 N–H and O–H groups in total. The van der Waals surface area contributed by atoms with Gasteiger partial charge in [0.25, 0.3) is 5.69 Å². The minimum absolute atomic E-state index is 0. The second kappa shape index (κ2) is 8.25. The fourth-order valence-corrected chi connectivity index (χ4v) is 4.33. The van der Waals surface area contributed by atoms with Gasteiger partial charge in [0.15, 0.2) is 0 Å². The van der Waals surface area contributed by atoms with E-state index in [4.69, 9.17) is 17.3 Å². The van der Waals surface area contributed by atoms with E-state index in [9.17, 15) is 18.5 Å². The van der Waals surface area contributed by atoms with E-state index in [0.717, 1.165) is 0 Å². The Balaban J connectivity index is 0.00000484. The highest BCUT2D eigenvalue weighted by Crippen LogP contribution is 2.33. The molecule has 0 saturated heterocycles. The molecule has 0 spiro atoms. The van der Waals surface area contributed by atoms with Crippen LogP contribution in [0.4, 0.5) is 5.69 Å². The fourth-order valence-electron chi connectivity index (χ4n) is 2.11. The number of rotatable bonds is 7. The van der Waals surface area contributed by atoms with Crippen LogP contribution in [-0.2, 0) is 10.0 Å². The zero-order valence-electron chi connectivity index (χ0n) is 13.1. The molecule has 7 nitrogen and oxygen atoms in total. The summed E-state index contributed by atoms with van der Waals surface area (Å²) in [4.78, 5) is 9.98. The van der Waals surface area contributed by atoms with Crippen LogP contribution in [-0.4, -0.2) is 25.4 Å². The van der Waals surface area contributed by atoms with Gasteiger partial charge in [0, 0.05) is 18.2 Å². The van der Waals surface area contributed by atoms with Crippen molar-refractivity contribution in [2.45, 2.75) is 44.0 Å². The molecule has 23 heavy (non-hydrogen) atoms. The van der Waals surface area contributed by atoms with E-state index in [-0.39, 0.29) is 23.8 Å². The lowest BCUT2D eigenvalue weighted by Gasteiger charge is -2.31. The molecule has 10 heteroatoms. The Labute approximate surface area is 147 Å². The largest absolute Gasteiger partial charge is 0.329 e. The van der Waals surface area contributed by atoms with E-state index in [1.165, 1.54) is 12.1 Å². The molecule has 1 rings (SSSR count). The Kier molecular flexibility index (Phi) is 7.92. The molecule has 0 aromatic heterocycles. The third kappa shape index (κ3) is 4.77. The molecule has 0 heterocycles. The summed E-state index contributed by atoms with van der Waals surface area (Å²) in [7, 11) is -4.03. The Hall–Kier alpha value is -0.930. The third-order valence-corrected chi connectivity index (χ3v) is 5.86. The van der Waals surface area contributed by atoms with Crippen LogP contribution >= 0.6 is 24.0 Å². The van der Waals surface area contributed by atoms with Crippen molar-refractivity contribution in [3.05, 3.63) is 32.8 Å². The Morgan fingerprint density at radius 1 is 1.35 bits per heavy atom. The molecule has 0 fully saturated rings. The molecule has 0 bridgehead atoms. The number of nitrogens with two attached hydrogens (primary N) is 1. The lowest BCUT2D eigenvalue weighted by Crippen LogP contribution is -2.52. The SMILES string of the molecule is CCC(CC)(CN)NS(=O)(=O)c1cc(C)cc([N+](=O)[O-])c1Cl.Cl. The molecule has 0 radical (unpaired) electrons. The molecule has 0 amide bonds. The van der Waals surface area contributed by atoms with E-state index >= 15 is 0 Å². The normalized spacial score (nSPS) is 11.9. The molecule has 0 aliphatic carbocycles. The van der Waals surface area contributed by atoms with Crippen molar-refractivity contribution in [1.82, 2.24) is 4.72 Å². The van der Waals surface area contributed by atoms with Gasteiger partial charge >= 0.3 is 0 Å². The Morgan fingerprint density at radius 3 is 2.26 bits per heavy atom. The predicted molar refractivity (Wildman–Crippen MR) is 92.8 cm³/mol. The summed E-state index contributed by atoms with van der Waals surface area (Å²) in [5.74, 6) is 0. The van der Waals surface area contributed by atoms with Crippen molar-refractivity contribution in [1.29, 1.82) is 0 Å². The molecule has 132 valence electrons. The smallest absolute Gasteiger partial charge is 0.289 e. The first kappa shape index (κ1) is 22.1.